The summed E-state index contributed by atoms with van der Waals surface area (Å²) in [6.45, 7) is 0. The van der Waals surface area contributed by atoms with Crippen LogP contribution in [0.25, 0.3) is 0 Å². The summed E-state index contributed by atoms with van der Waals surface area (Å²) in [5.74, 6) is 0.125. The van der Waals surface area contributed by atoms with Gasteiger partial charge in [0.2, 0.25) is 12.2 Å². The van der Waals surface area contributed by atoms with Gasteiger partial charge in [0.15, 0.2) is 6.23 Å². The van der Waals surface area contributed by atoms with Crippen LogP contribution < -0.4 is 16.1 Å². The second-order valence-corrected chi connectivity index (χ2v) is 5.52. The van der Waals surface area contributed by atoms with Crippen molar-refractivity contribution >= 4 is 27.7 Å². The van der Waals surface area contributed by atoms with Crippen molar-refractivity contribution in [2.45, 2.75) is 12.5 Å². The zero-order valence-electron chi connectivity index (χ0n) is 11.7. The maximum Gasteiger partial charge on any atom is 0.321 e. The maximum absolute atomic E-state index is 11.1. The quantitative estimate of drug-likeness (QED) is 0.587. The first-order chi connectivity index (χ1) is 11.1. The van der Waals surface area contributed by atoms with E-state index in [0.29, 0.717) is 5.71 Å². The number of aliphatic hydroxyl groups excluding tert-OH is 1. The minimum Gasteiger partial charge on any atom is -0.469 e. The number of benzene rings is 1. The summed E-state index contributed by atoms with van der Waals surface area (Å²) < 4.78 is 11.5. The summed E-state index contributed by atoms with van der Waals surface area (Å²) in [4.78, 5) is 11.1. The number of carbonyl (C=O) groups is 1. The molecule has 2 unspecified atom stereocenters. The van der Waals surface area contributed by atoms with Gasteiger partial charge in [0, 0.05) is 16.2 Å². The van der Waals surface area contributed by atoms with E-state index in [1.54, 1.807) is 18.2 Å². The number of amides is 2. The van der Waals surface area contributed by atoms with E-state index in [4.69, 9.17) is 9.47 Å². The van der Waals surface area contributed by atoms with Crippen LogP contribution in [0.5, 0.6) is 0 Å². The van der Waals surface area contributed by atoms with Crippen LogP contribution in [0.2, 0.25) is 0 Å². The molecule has 0 aliphatic carbocycles. The van der Waals surface area contributed by atoms with Gasteiger partial charge in [0.1, 0.15) is 12.0 Å². The van der Waals surface area contributed by atoms with Crippen LogP contribution in [0, 0.1) is 0 Å². The van der Waals surface area contributed by atoms with E-state index in [1.165, 1.54) is 12.5 Å². The molecule has 0 bridgehead atoms. The Morgan fingerprint density at radius 1 is 1.35 bits per heavy atom. The number of hydrogen-bond acceptors (Lipinski definition) is 6. The molecule has 0 radical (unpaired) electrons. The minimum absolute atomic E-state index is 0.125. The van der Waals surface area contributed by atoms with Crippen LogP contribution in [0.3, 0.4) is 0 Å². The average Bonchev–Trinajstić information content (AvgIpc) is 2.54. The number of hydrazone groups is 1. The predicted octanol–water partition coefficient (Wildman–Crippen LogP) is 1.06. The largest absolute Gasteiger partial charge is 0.469 e. The molecule has 0 saturated carbocycles. The lowest BCUT2D eigenvalue weighted by atomic mass is 10.1. The van der Waals surface area contributed by atoms with Crippen molar-refractivity contribution in [1.82, 2.24) is 16.1 Å². The number of hydrogen-bond donors (Lipinski definition) is 4. The van der Waals surface area contributed by atoms with Crippen LogP contribution in [0.1, 0.15) is 5.56 Å². The molecule has 1 aromatic carbocycles. The predicted molar refractivity (Wildman–Crippen MR) is 84.7 cm³/mol. The van der Waals surface area contributed by atoms with Gasteiger partial charge in [-0.1, -0.05) is 28.1 Å². The van der Waals surface area contributed by atoms with Crippen molar-refractivity contribution in [2.24, 2.45) is 5.10 Å². The number of nitrogens with one attached hydrogen (secondary N) is 3. The van der Waals surface area contributed by atoms with Gasteiger partial charge in [-0.3, -0.25) is 5.32 Å². The molecule has 9 heteroatoms. The molecule has 0 saturated heterocycles. The zero-order valence-corrected chi connectivity index (χ0v) is 13.3. The number of ether oxygens (including phenoxy) is 2. The average molecular weight is 381 g/mol. The summed E-state index contributed by atoms with van der Waals surface area (Å²) in [7, 11) is 0. The number of nitrogens with zero attached hydrogens (tertiary/aromatic N) is 1. The molecule has 23 heavy (non-hydrogen) atoms. The van der Waals surface area contributed by atoms with Gasteiger partial charge in [0.25, 0.3) is 0 Å². The normalized spacial score (nSPS) is 24.9. The highest BCUT2D eigenvalue weighted by molar-refractivity contribution is 9.10. The van der Waals surface area contributed by atoms with E-state index in [1.807, 2.05) is 12.1 Å². The molecule has 8 nitrogen and oxygen atoms in total. The van der Waals surface area contributed by atoms with Crippen molar-refractivity contribution in [1.29, 1.82) is 0 Å². The van der Waals surface area contributed by atoms with Gasteiger partial charge < -0.3 is 19.9 Å². The molecule has 4 N–H and O–H groups in total. The molecule has 2 aliphatic heterocycles. The highest BCUT2D eigenvalue weighted by atomic mass is 79.9. The van der Waals surface area contributed by atoms with Crippen LogP contribution >= 0.6 is 15.9 Å². The van der Waals surface area contributed by atoms with Crippen molar-refractivity contribution in [2.75, 3.05) is 0 Å². The molecule has 2 atom stereocenters. The first-order valence-corrected chi connectivity index (χ1v) is 7.45. The molecule has 2 amide bonds. The molecule has 2 heterocycles. The van der Waals surface area contributed by atoms with Gasteiger partial charge >= 0.3 is 6.03 Å². The van der Waals surface area contributed by atoms with E-state index in [0.717, 1.165) is 10.0 Å². The first-order valence-electron chi connectivity index (χ1n) is 6.65. The molecule has 2 aliphatic rings. The highest BCUT2D eigenvalue weighted by Crippen LogP contribution is 2.16. The number of carbonyl (C=O) groups excluding carboxylic acids is 1. The molecule has 1 aromatic rings. The SMILES string of the molecule is O=C1NC=CC(O/C=C2/NN=C(c3ccc(Br)cc3)C(O)O2)N1. The number of urea groups is 1. The third kappa shape index (κ3) is 3.82. The second-order valence-electron chi connectivity index (χ2n) is 4.60. The van der Waals surface area contributed by atoms with Crippen molar-refractivity contribution in [3.8, 4) is 0 Å². The summed E-state index contributed by atoms with van der Waals surface area (Å²) in [6.07, 6.45) is 2.44. The third-order valence-corrected chi connectivity index (χ3v) is 3.51. The Morgan fingerprint density at radius 3 is 2.83 bits per heavy atom. The Hall–Kier alpha value is -2.52. The number of rotatable bonds is 3. The Morgan fingerprint density at radius 2 is 2.13 bits per heavy atom. The maximum atomic E-state index is 11.1. The minimum atomic E-state index is -1.23. The van der Waals surface area contributed by atoms with E-state index in [9.17, 15) is 9.90 Å². The standard InChI is InChI=1S/C14H13BrN4O4/c15-9-3-1-8(2-4-9)12-13(20)23-11(18-19-12)7-22-10-5-6-16-14(21)17-10/h1-7,10,13,18,20H,(H2,16,17,21)/b11-7-. The fraction of sp³-hybridized carbons (Fsp3) is 0.143. The number of halogens is 1. The van der Waals surface area contributed by atoms with Crippen LogP contribution in [0.4, 0.5) is 4.79 Å². The van der Waals surface area contributed by atoms with E-state index < -0.39 is 12.5 Å². The molecular formula is C14H13BrN4O4. The van der Waals surface area contributed by atoms with Crippen molar-refractivity contribution < 1.29 is 19.4 Å². The molecule has 0 spiro atoms. The Labute approximate surface area is 140 Å². The molecule has 3 rings (SSSR count). The Balaban J connectivity index is 1.66. The van der Waals surface area contributed by atoms with E-state index in [-0.39, 0.29) is 11.9 Å². The first kappa shape index (κ1) is 15.4. The smallest absolute Gasteiger partial charge is 0.321 e. The Bertz CT molecular complexity index is 687. The van der Waals surface area contributed by atoms with Gasteiger partial charge in [-0.25, -0.2) is 10.2 Å². The summed E-state index contributed by atoms with van der Waals surface area (Å²) in [6, 6.07) is 6.91. The van der Waals surface area contributed by atoms with E-state index >= 15 is 0 Å². The summed E-state index contributed by atoms with van der Waals surface area (Å²) >= 11 is 3.34. The summed E-state index contributed by atoms with van der Waals surface area (Å²) in [5.41, 5.74) is 3.72. The molecule has 120 valence electrons. The van der Waals surface area contributed by atoms with Crippen LogP contribution in [-0.4, -0.2) is 29.4 Å². The van der Waals surface area contributed by atoms with Gasteiger partial charge in [-0.05, 0) is 18.2 Å². The lowest BCUT2D eigenvalue weighted by molar-refractivity contribution is -0.0311. The molecule has 0 fully saturated rings. The topological polar surface area (TPSA) is 104 Å². The van der Waals surface area contributed by atoms with Crippen LogP contribution in [0.15, 0.2) is 58.3 Å². The number of aliphatic hydroxyl groups is 1. The monoisotopic (exact) mass is 380 g/mol. The van der Waals surface area contributed by atoms with Crippen molar-refractivity contribution in [3.05, 3.63) is 58.7 Å². The Kier molecular flexibility index (Phi) is 4.49. The lowest BCUT2D eigenvalue weighted by Crippen LogP contribution is -2.43. The molecular weight excluding hydrogens is 368 g/mol. The van der Waals surface area contributed by atoms with Gasteiger partial charge in [-0.15, -0.1) is 0 Å². The fourth-order valence-electron chi connectivity index (χ4n) is 1.90. The summed E-state index contributed by atoms with van der Waals surface area (Å²) in [5, 5.41) is 19.1. The zero-order chi connectivity index (χ0) is 16.2. The van der Waals surface area contributed by atoms with Gasteiger partial charge in [0.05, 0.1) is 0 Å². The third-order valence-electron chi connectivity index (χ3n) is 2.98. The highest BCUT2D eigenvalue weighted by Gasteiger charge is 2.23. The van der Waals surface area contributed by atoms with Crippen LogP contribution in [-0.2, 0) is 9.47 Å². The fourth-order valence-corrected chi connectivity index (χ4v) is 2.16. The molecule has 0 aromatic heterocycles. The lowest BCUT2D eigenvalue weighted by Gasteiger charge is -2.23. The van der Waals surface area contributed by atoms with E-state index in [2.05, 4.69) is 37.1 Å². The second kappa shape index (κ2) is 6.71. The van der Waals surface area contributed by atoms with Gasteiger partial charge in [-0.2, -0.15) is 5.10 Å². The van der Waals surface area contributed by atoms with Crippen molar-refractivity contribution in [3.63, 3.8) is 0 Å².